The molecule has 0 aliphatic carbocycles. The standard InChI is InChI=1S/C13H20N2O2/c1-10(2)15-6-4-3-5-12(15)8-13-7-11(9-16)14-17-13/h7,9-10,12H,3-6,8H2,1-2H3. The lowest BCUT2D eigenvalue weighted by atomic mass is 9.97. The number of aldehydes is 1. The average molecular weight is 236 g/mol. The van der Waals surface area contributed by atoms with Gasteiger partial charge in [0.05, 0.1) is 0 Å². The summed E-state index contributed by atoms with van der Waals surface area (Å²) in [4.78, 5) is 13.1. The number of carbonyl (C=O) groups is 1. The molecular formula is C13H20N2O2. The summed E-state index contributed by atoms with van der Waals surface area (Å²) >= 11 is 0. The number of nitrogens with zero attached hydrogens (tertiary/aromatic N) is 2. The zero-order chi connectivity index (χ0) is 12.3. The van der Waals surface area contributed by atoms with E-state index >= 15 is 0 Å². The molecule has 0 bridgehead atoms. The molecule has 1 fully saturated rings. The van der Waals surface area contributed by atoms with Crippen molar-refractivity contribution < 1.29 is 9.32 Å². The molecule has 1 aliphatic heterocycles. The molecule has 2 rings (SSSR count). The summed E-state index contributed by atoms with van der Waals surface area (Å²) in [5.41, 5.74) is 0.395. The van der Waals surface area contributed by atoms with Gasteiger partial charge in [-0.1, -0.05) is 11.6 Å². The number of aromatic nitrogens is 1. The average Bonchev–Trinajstić information content (AvgIpc) is 2.77. The molecule has 1 aliphatic rings. The smallest absolute Gasteiger partial charge is 0.171 e. The Hall–Kier alpha value is -1.16. The molecular weight excluding hydrogens is 216 g/mol. The summed E-state index contributed by atoms with van der Waals surface area (Å²) in [7, 11) is 0. The van der Waals surface area contributed by atoms with Crippen LogP contribution in [0.15, 0.2) is 10.6 Å². The van der Waals surface area contributed by atoms with E-state index in [4.69, 9.17) is 4.52 Å². The van der Waals surface area contributed by atoms with Crippen molar-refractivity contribution in [1.29, 1.82) is 0 Å². The Morgan fingerprint density at radius 1 is 1.59 bits per heavy atom. The predicted molar refractivity (Wildman–Crippen MR) is 65.1 cm³/mol. The molecule has 0 saturated carbocycles. The second kappa shape index (κ2) is 5.45. The van der Waals surface area contributed by atoms with Crippen LogP contribution in [0.4, 0.5) is 0 Å². The molecule has 0 aromatic carbocycles. The molecule has 1 atom stereocenters. The summed E-state index contributed by atoms with van der Waals surface area (Å²) in [6.45, 7) is 5.63. The van der Waals surface area contributed by atoms with Crippen molar-refractivity contribution in [1.82, 2.24) is 10.1 Å². The van der Waals surface area contributed by atoms with Gasteiger partial charge >= 0.3 is 0 Å². The number of rotatable bonds is 4. The fraction of sp³-hybridized carbons (Fsp3) is 0.692. The summed E-state index contributed by atoms with van der Waals surface area (Å²) in [5.74, 6) is 0.824. The van der Waals surface area contributed by atoms with Gasteiger partial charge in [-0.05, 0) is 33.2 Å². The van der Waals surface area contributed by atoms with E-state index in [1.54, 1.807) is 6.07 Å². The van der Waals surface area contributed by atoms with Crippen LogP contribution >= 0.6 is 0 Å². The Morgan fingerprint density at radius 2 is 2.41 bits per heavy atom. The van der Waals surface area contributed by atoms with E-state index in [2.05, 4.69) is 23.9 Å². The van der Waals surface area contributed by atoms with Gasteiger partial charge in [-0.2, -0.15) is 0 Å². The topological polar surface area (TPSA) is 46.3 Å². The van der Waals surface area contributed by atoms with Crippen LogP contribution in [-0.4, -0.2) is 35.0 Å². The van der Waals surface area contributed by atoms with Crippen molar-refractivity contribution in [3.63, 3.8) is 0 Å². The number of piperidine rings is 1. The summed E-state index contributed by atoms with van der Waals surface area (Å²) < 4.78 is 5.18. The van der Waals surface area contributed by atoms with E-state index in [9.17, 15) is 4.79 Å². The largest absolute Gasteiger partial charge is 0.361 e. The SMILES string of the molecule is CC(C)N1CCCCC1Cc1cc(C=O)no1. The Kier molecular flexibility index (Phi) is 3.94. The van der Waals surface area contributed by atoms with Crippen LogP contribution in [0.3, 0.4) is 0 Å². The van der Waals surface area contributed by atoms with Crippen LogP contribution in [0, 0.1) is 0 Å². The molecule has 2 heterocycles. The minimum atomic E-state index is 0.395. The van der Waals surface area contributed by atoms with Gasteiger partial charge in [0, 0.05) is 24.6 Å². The molecule has 0 amide bonds. The molecule has 4 heteroatoms. The minimum absolute atomic E-state index is 0.395. The van der Waals surface area contributed by atoms with Gasteiger partial charge in [0.15, 0.2) is 6.29 Å². The van der Waals surface area contributed by atoms with Gasteiger partial charge in [0.2, 0.25) is 0 Å². The van der Waals surface area contributed by atoms with E-state index in [1.807, 2.05) is 0 Å². The Balaban J connectivity index is 2.02. The van der Waals surface area contributed by atoms with Crippen molar-refractivity contribution in [2.45, 2.75) is 51.6 Å². The predicted octanol–water partition coefficient (Wildman–Crippen LogP) is 2.29. The zero-order valence-corrected chi connectivity index (χ0v) is 10.6. The van der Waals surface area contributed by atoms with Crippen LogP contribution in [-0.2, 0) is 6.42 Å². The van der Waals surface area contributed by atoms with E-state index in [1.165, 1.54) is 19.3 Å². The third kappa shape index (κ3) is 2.94. The zero-order valence-electron chi connectivity index (χ0n) is 10.6. The number of hydrogen-bond acceptors (Lipinski definition) is 4. The van der Waals surface area contributed by atoms with Crippen LogP contribution < -0.4 is 0 Å². The van der Waals surface area contributed by atoms with Crippen LogP contribution in [0.2, 0.25) is 0 Å². The fourth-order valence-electron chi connectivity index (χ4n) is 2.63. The lowest BCUT2D eigenvalue weighted by molar-refractivity contribution is 0.106. The summed E-state index contributed by atoms with van der Waals surface area (Å²) in [5, 5.41) is 3.71. The van der Waals surface area contributed by atoms with E-state index in [0.717, 1.165) is 25.0 Å². The van der Waals surface area contributed by atoms with E-state index in [-0.39, 0.29) is 0 Å². The van der Waals surface area contributed by atoms with Crippen LogP contribution in [0.5, 0.6) is 0 Å². The van der Waals surface area contributed by atoms with Gasteiger partial charge in [0.25, 0.3) is 0 Å². The number of hydrogen-bond donors (Lipinski definition) is 0. The molecule has 1 aromatic rings. The monoisotopic (exact) mass is 236 g/mol. The highest BCUT2D eigenvalue weighted by Crippen LogP contribution is 2.22. The normalized spacial score (nSPS) is 21.9. The highest BCUT2D eigenvalue weighted by atomic mass is 16.5. The molecule has 94 valence electrons. The van der Waals surface area contributed by atoms with Gasteiger partial charge < -0.3 is 4.52 Å². The first-order valence-corrected chi connectivity index (χ1v) is 6.37. The maximum absolute atomic E-state index is 10.6. The molecule has 17 heavy (non-hydrogen) atoms. The first-order valence-electron chi connectivity index (χ1n) is 6.37. The Bertz CT molecular complexity index is 373. The molecule has 1 saturated heterocycles. The molecule has 1 aromatic heterocycles. The van der Waals surface area contributed by atoms with Crippen LogP contribution in [0.25, 0.3) is 0 Å². The Morgan fingerprint density at radius 3 is 3.06 bits per heavy atom. The maximum Gasteiger partial charge on any atom is 0.171 e. The van der Waals surface area contributed by atoms with E-state index in [0.29, 0.717) is 17.8 Å². The molecule has 0 spiro atoms. The lowest BCUT2D eigenvalue weighted by Crippen LogP contribution is -2.44. The van der Waals surface area contributed by atoms with Crippen LogP contribution in [0.1, 0.15) is 49.4 Å². The molecule has 0 radical (unpaired) electrons. The molecule has 0 N–H and O–H groups in total. The van der Waals surface area contributed by atoms with Gasteiger partial charge in [-0.15, -0.1) is 0 Å². The van der Waals surface area contributed by atoms with Crippen molar-refractivity contribution in [3.05, 3.63) is 17.5 Å². The molecule has 4 nitrogen and oxygen atoms in total. The second-order valence-corrected chi connectivity index (χ2v) is 5.02. The molecule has 1 unspecified atom stereocenters. The van der Waals surface area contributed by atoms with Crippen molar-refractivity contribution >= 4 is 6.29 Å². The van der Waals surface area contributed by atoms with Gasteiger partial charge in [-0.25, -0.2) is 0 Å². The minimum Gasteiger partial charge on any atom is -0.361 e. The third-order valence-corrected chi connectivity index (χ3v) is 3.47. The second-order valence-electron chi connectivity index (χ2n) is 5.02. The van der Waals surface area contributed by atoms with E-state index < -0.39 is 0 Å². The first-order chi connectivity index (χ1) is 8.20. The fourth-order valence-corrected chi connectivity index (χ4v) is 2.63. The summed E-state index contributed by atoms with van der Waals surface area (Å²) in [6.07, 6.45) is 5.36. The first kappa shape index (κ1) is 12.3. The number of likely N-dealkylation sites (tertiary alicyclic amines) is 1. The lowest BCUT2D eigenvalue weighted by Gasteiger charge is -2.38. The third-order valence-electron chi connectivity index (χ3n) is 3.47. The Labute approximate surface area is 102 Å². The van der Waals surface area contributed by atoms with Crippen molar-refractivity contribution in [2.24, 2.45) is 0 Å². The highest BCUT2D eigenvalue weighted by molar-refractivity contribution is 5.71. The highest BCUT2D eigenvalue weighted by Gasteiger charge is 2.25. The quantitative estimate of drug-likeness (QED) is 0.752. The van der Waals surface area contributed by atoms with Gasteiger partial charge in [-0.3, -0.25) is 9.69 Å². The summed E-state index contributed by atoms with van der Waals surface area (Å²) in [6, 6.07) is 2.84. The van der Waals surface area contributed by atoms with Crippen molar-refractivity contribution in [3.8, 4) is 0 Å². The van der Waals surface area contributed by atoms with Gasteiger partial charge in [0.1, 0.15) is 11.5 Å². The van der Waals surface area contributed by atoms with Crippen molar-refractivity contribution in [2.75, 3.05) is 6.54 Å². The number of carbonyl (C=O) groups excluding carboxylic acids is 1. The maximum atomic E-state index is 10.6.